The zero-order chi connectivity index (χ0) is 31.4. The molecule has 0 saturated heterocycles. The molecule has 3 aromatic carbocycles. The quantitative estimate of drug-likeness (QED) is 0.160. The van der Waals surface area contributed by atoms with Crippen molar-refractivity contribution in [3.05, 3.63) is 100 Å². The highest BCUT2D eigenvalue weighted by Crippen LogP contribution is 2.41. The maximum absolute atomic E-state index is 14.1. The zero-order valence-corrected chi connectivity index (χ0v) is 26.9. The van der Waals surface area contributed by atoms with Gasteiger partial charge in [0.25, 0.3) is 5.91 Å². The topological polar surface area (TPSA) is 77.5 Å². The van der Waals surface area contributed by atoms with E-state index in [1.807, 2.05) is 81.4 Å². The number of ether oxygens (including phenoxy) is 2. The van der Waals surface area contributed by atoms with Crippen LogP contribution in [-0.2, 0) is 11.2 Å². The third-order valence-corrected chi connectivity index (χ3v) is 8.18. The van der Waals surface area contributed by atoms with E-state index in [-0.39, 0.29) is 18.6 Å². The summed E-state index contributed by atoms with van der Waals surface area (Å²) in [7, 11) is 0. The molecule has 226 valence electrons. The molecule has 0 radical (unpaired) electrons. The van der Waals surface area contributed by atoms with Crippen LogP contribution >= 0.6 is 11.3 Å². The molecule has 5 aromatic rings. The number of thiophene rings is 1. The molecule has 0 bridgehead atoms. The standard InChI is InChI=1S/C37H38N2O4S/c1-7-42-37(41)34-33(26-18-16-25(17-19-26)20-22(2)3)24(6)44-36(34)39-35(40)29-21-31(38-30-14-10-8-12-27(29)30)28-13-9-11-15-32(28)43-23(4)5/h8-19,21-23H,7,20H2,1-6H3,(H,39,40). The van der Waals surface area contributed by atoms with Crippen molar-refractivity contribution in [1.82, 2.24) is 4.98 Å². The summed E-state index contributed by atoms with van der Waals surface area (Å²) in [6, 6.07) is 25.3. The summed E-state index contributed by atoms with van der Waals surface area (Å²) in [5.41, 5.74) is 5.85. The van der Waals surface area contributed by atoms with Crippen LogP contribution in [0.3, 0.4) is 0 Å². The number of aromatic nitrogens is 1. The maximum Gasteiger partial charge on any atom is 0.341 e. The lowest BCUT2D eigenvalue weighted by atomic mass is 9.97. The van der Waals surface area contributed by atoms with E-state index >= 15 is 0 Å². The number of esters is 1. The van der Waals surface area contributed by atoms with E-state index in [1.165, 1.54) is 16.9 Å². The average Bonchev–Trinajstić information content (AvgIpc) is 3.32. The molecule has 44 heavy (non-hydrogen) atoms. The smallest absolute Gasteiger partial charge is 0.341 e. The number of carbonyl (C=O) groups excluding carboxylic acids is 2. The lowest BCUT2D eigenvalue weighted by molar-refractivity contribution is 0.0529. The summed E-state index contributed by atoms with van der Waals surface area (Å²) >= 11 is 1.37. The number of fused-ring (bicyclic) bond motifs is 1. The maximum atomic E-state index is 14.1. The van der Waals surface area contributed by atoms with Crippen molar-refractivity contribution in [2.75, 3.05) is 11.9 Å². The lowest BCUT2D eigenvalue weighted by Crippen LogP contribution is -2.15. The highest BCUT2D eigenvalue weighted by molar-refractivity contribution is 7.17. The van der Waals surface area contributed by atoms with Gasteiger partial charge in [-0.25, -0.2) is 9.78 Å². The number of amides is 1. The predicted molar refractivity (Wildman–Crippen MR) is 180 cm³/mol. The zero-order valence-electron chi connectivity index (χ0n) is 26.1. The Morgan fingerprint density at radius 2 is 1.64 bits per heavy atom. The first-order valence-corrected chi connectivity index (χ1v) is 15.8. The highest BCUT2D eigenvalue weighted by Gasteiger charge is 2.27. The first-order valence-electron chi connectivity index (χ1n) is 15.0. The van der Waals surface area contributed by atoms with E-state index in [0.29, 0.717) is 44.4 Å². The van der Waals surface area contributed by atoms with Crippen LogP contribution in [0.2, 0.25) is 0 Å². The number of anilines is 1. The number of nitrogens with zero attached hydrogens (tertiary/aromatic N) is 1. The van der Waals surface area contributed by atoms with E-state index in [4.69, 9.17) is 14.5 Å². The second-order valence-corrected chi connectivity index (χ2v) is 12.7. The number of hydrogen-bond acceptors (Lipinski definition) is 6. The second-order valence-electron chi connectivity index (χ2n) is 11.4. The molecule has 7 heteroatoms. The number of carbonyl (C=O) groups is 2. The van der Waals surface area contributed by atoms with Gasteiger partial charge in [-0.15, -0.1) is 11.3 Å². The molecule has 0 saturated carbocycles. The Morgan fingerprint density at radius 3 is 2.34 bits per heavy atom. The minimum atomic E-state index is -0.464. The van der Waals surface area contributed by atoms with Crippen LogP contribution < -0.4 is 10.1 Å². The number of para-hydroxylation sites is 2. The van der Waals surface area contributed by atoms with Gasteiger partial charge in [0.15, 0.2) is 0 Å². The van der Waals surface area contributed by atoms with Crippen LogP contribution in [0.4, 0.5) is 5.00 Å². The molecule has 0 fully saturated rings. The van der Waals surface area contributed by atoms with Crippen LogP contribution in [0.25, 0.3) is 33.3 Å². The molecule has 2 heterocycles. The van der Waals surface area contributed by atoms with E-state index in [9.17, 15) is 9.59 Å². The number of benzene rings is 3. The molecule has 5 rings (SSSR count). The van der Waals surface area contributed by atoms with Crippen LogP contribution in [0, 0.1) is 12.8 Å². The van der Waals surface area contributed by atoms with Crippen molar-refractivity contribution in [3.8, 4) is 28.1 Å². The molecule has 0 aliphatic heterocycles. The van der Waals surface area contributed by atoms with Gasteiger partial charge < -0.3 is 14.8 Å². The molecule has 1 N–H and O–H groups in total. The minimum Gasteiger partial charge on any atom is -0.490 e. The van der Waals surface area contributed by atoms with Crippen molar-refractivity contribution in [1.29, 1.82) is 0 Å². The predicted octanol–water partition coefficient (Wildman–Crippen LogP) is 9.35. The Labute approximate surface area is 263 Å². The summed E-state index contributed by atoms with van der Waals surface area (Å²) in [5, 5.41) is 4.24. The summed E-state index contributed by atoms with van der Waals surface area (Å²) in [4.78, 5) is 33.3. The fourth-order valence-electron chi connectivity index (χ4n) is 5.36. The van der Waals surface area contributed by atoms with E-state index in [0.717, 1.165) is 28.0 Å². The first-order chi connectivity index (χ1) is 21.2. The molecule has 0 aliphatic carbocycles. The monoisotopic (exact) mass is 606 g/mol. The van der Waals surface area contributed by atoms with Crippen LogP contribution in [0.5, 0.6) is 5.75 Å². The first kappa shape index (κ1) is 31.0. The van der Waals surface area contributed by atoms with E-state index in [2.05, 4.69) is 31.3 Å². The van der Waals surface area contributed by atoms with Gasteiger partial charge in [0.05, 0.1) is 29.5 Å². The molecule has 2 aromatic heterocycles. The normalized spacial score (nSPS) is 11.3. The van der Waals surface area contributed by atoms with Crippen molar-refractivity contribution < 1.29 is 19.1 Å². The molecule has 0 atom stereocenters. The van der Waals surface area contributed by atoms with Gasteiger partial charge in [0.2, 0.25) is 0 Å². The number of hydrogen-bond donors (Lipinski definition) is 1. The lowest BCUT2D eigenvalue weighted by Gasteiger charge is -2.15. The molecular weight excluding hydrogens is 568 g/mol. The Kier molecular flexibility index (Phi) is 9.45. The third-order valence-electron chi connectivity index (χ3n) is 7.16. The summed E-state index contributed by atoms with van der Waals surface area (Å²) in [5.74, 6) is 0.437. The van der Waals surface area contributed by atoms with Gasteiger partial charge in [0, 0.05) is 21.4 Å². The van der Waals surface area contributed by atoms with Gasteiger partial charge in [-0.3, -0.25) is 4.79 Å². The Hall–Kier alpha value is -4.49. The van der Waals surface area contributed by atoms with Crippen LogP contribution in [0.1, 0.15) is 65.8 Å². The van der Waals surface area contributed by atoms with Crippen LogP contribution in [0.15, 0.2) is 78.9 Å². The Morgan fingerprint density at radius 1 is 0.932 bits per heavy atom. The molecule has 0 unspecified atom stereocenters. The van der Waals surface area contributed by atoms with Crippen LogP contribution in [-0.4, -0.2) is 29.6 Å². The molecule has 0 spiro atoms. The number of rotatable bonds is 10. The highest BCUT2D eigenvalue weighted by atomic mass is 32.1. The van der Waals surface area contributed by atoms with E-state index in [1.54, 1.807) is 13.0 Å². The van der Waals surface area contributed by atoms with Gasteiger partial charge in [-0.1, -0.05) is 68.4 Å². The van der Waals surface area contributed by atoms with E-state index < -0.39 is 5.97 Å². The average molecular weight is 607 g/mol. The summed E-state index contributed by atoms with van der Waals surface area (Å²) in [6.07, 6.45) is 0.952. The summed E-state index contributed by atoms with van der Waals surface area (Å²) in [6.45, 7) is 12.3. The molecule has 6 nitrogen and oxygen atoms in total. The number of nitrogens with one attached hydrogen (secondary N) is 1. The van der Waals surface area contributed by atoms with Crippen molar-refractivity contribution in [2.45, 2.75) is 54.1 Å². The van der Waals surface area contributed by atoms with Gasteiger partial charge in [-0.05, 0) is 75.4 Å². The Bertz CT molecular complexity index is 1800. The molecule has 1 amide bonds. The molecule has 0 aliphatic rings. The fraction of sp³-hybridized carbons (Fsp3) is 0.270. The van der Waals surface area contributed by atoms with Gasteiger partial charge in [-0.2, -0.15) is 0 Å². The number of aryl methyl sites for hydroxylation is 1. The van der Waals surface area contributed by atoms with Crippen molar-refractivity contribution in [2.24, 2.45) is 5.92 Å². The fourth-order valence-corrected chi connectivity index (χ4v) is 6.42. The van der Waals surface area contributed by atoms with Gasteiger partial charge in [0.1, 0.15) is 16.3 Å². The molecular formula is C37H38N2O4S. The largest absolute Gasteiger partial charge is 0.490 e. The number of pyridine rings is 1. The van der Waals surface area contributed by atoms with Crippen molar-refractivity contribution >= 4 is 39.1 Å². The SMILES string of the molecule is CCOC(=O)c1c(NC(=O)c2cc(-c3ccccc3OC(C)C)nc3ccccc23)sc(C)c1-c1ccc(CC(C)C)cc1. The second kappa shape index (κ2) is 13.4. The minimum absolute atomic E-state index is 0.0247. The van der Waals surface area contributed by atoms with Gasteiger partial charge >= 0.3 is 5.97 Å². The Balaban J connectivity index is 1.58. The van der Waals surface area contributed by atoms with Crippen molar-refractivity contribution in [3.63, 3.8) is 0 Å². The third kappa shape index (κ3) is 6.68. The summed E-state index contributed by atoms with van der Waals surface area (Å²) < 4.78 is 11.6.